The Kier molecular flexibility index (Phi) is 7.24. The second kappa shape index (κ2) is 10.2. The first-order chi connectivity index (χ1) is 17.5. The van der Waals surface area contributed by atoms with Gasteiger partial charge in [-0.15, -0.1) is 13.2 Å². The number of benzene rings is 2. The Morgan fingerprint density at radius 2 is 1.89 bits per heavy atom. The molecule has 0 unspecified atom stereocenters. The number of carbonyl (C=O) groups excluding carboxylic acids is 1. The number of halogens is 4. The van der Waals surface area contributed by atoms with Gasteiger partial charge in [-0.2, -0.15) is 0 Å². The van der Waals surface area contributed by atoms with Gasteiger partial charge in [-0.3, -0.25) is 9.79 Å². The molecule has 11 heteroatoms. The molecule has 4 N–H and O–H groups in total. The normalized spacial score (nSPS) is 17.4. The van der Waals surface area contributed by atoms with E-state index in [1.807, 2.05) is 0 Å². The van der Waals surface area contributed by atoms with E-state index in [1.54, 1.807) is 0 Å². The number of ether oxygens (including phenoxy) is 1. The Morgan fingerprint density at radius 1 is 1.16 bits per heavy atom. The lowest BCUT2D eigenvalue weighted by atomic mass is 9.86. The molecule has 0 heterocycles. The zero-order chi connectivity index (χ0) is 26.8. The zero-order valence-electron chi connectivity index (χ0n) is 19.6. The van der Waals surface area contributed by atoms with Crippen LogP contribution in [0.2, 0.25) is 0 Å². The fourth-order valence-corrected chi connectivity index (χ4v) is 4.30. The SMILES string of the molecule is NC=C(C=NCC1CCC1)c1ccc(NC(=O)C2(c3ccc(OC(F)(F)F)cc3F)CC2)cc1C(=O)O. The quantitative estimate of drug-likeness (QED) is 0.309. The van der Waals surface area contributed by atoms with Gasteiger partial charge in [0.2, 0.25) is 5.91 Å². The molecule has 2 aromatic rings. The number of carboxylic acids is 1. The lowest BCUT2D eigenvalue weighted by Crippen LogP contribution is -2.29. The van der Waals surface area contributed by atoms with E-state index in [0.29, 0.717) is 29.7 Å². The number of hydrogen-bond donors (Lipinski definition) is 3. The van der Waals surface area contributed by atoms with Crippen molar-refractivity contribution in [2.45, 2.75) is 43.9 Å². The fourth-order valence-electron chi connectivity index (χ4n) is 4.30. The van der Waals surface area contributed by atoms with E-state index in [4.69, 9.17) is 5.73 Å². The third kappa shape index (κ3) is 5.92. The van der Waals surface area contributed by atoms with Gasteiger partial charge in [-0.25, -0.2) is 9.18 Å². The molecule has 7 nitrogen and oxygen atoms in total. The van der Waals surface area contributed by atoms with Crippen molar-refractivity contribution in [2.75, 3.05) is 11.9 Å². The van der Waals surface area contributed by atoms with E-state index in [9.17, 15) is 32.3 Å². The summed E-state index contributed by atoms with van der Waals surface area (Å²) in [7, 11) is 0. The third-order valence-corrected chi connectivity index (χ3v) is 6.69. The Hall–Kier alpha value is -3.89. The smallest absolute Gasteiger partial charge is 0.478 e. The Bertz CT molecular complexity index is 1260. The van der Waals surface area contributed by atoms with E-state index in [2.05, 4.69) is 15.0 Å². The molecule has 4 rings (SSSR count). The summed E-state index contributed by atoms with van der Waals surface area (Å²) in [4.78, 5) is 29.4. The van der Waals surface area contributed by atoms with Gasteiger partial charge in [-0.1, -0.05) is 18.6 Å². The highest BCUT2D eigenvalue weighted by atomic mass is 19.4. The largest absolute Gasteiger partial charge is 0.573 e. The lowest BCUT2D eigenvalue weighted by Gasteiger charge is -2.22. The topological polar surface area (TPSA) is 114 Å². The van der Waals surface area contributed by atoms with E-state index < -0.39 is 35.2 Å². The van der Waals surface area contributed by atoms with Crippen LogP contribution in [0.3, 0.4) is 0 Å². The van der Waals surface area contributed by atoms with Crippen LogP contribution in [0.15, 0.2) is 47.6 Å². The Morgan fingerprint density at radius 3 is 2.43 bits per heavy atom. The van der Waals surface area contributed by atoms with Gasteiger partial charge in [0.25, 0.3) is 0 Å². The minimum absolute atomic E-state index is 0.0642. The van der Waals surface area contributed by atoms with Gasteiger partial charge in [0.05, 0.1) is 11.0 Å². The third-order valence-electron chi connectivity index (χ3n) is 6.69. The molecule has 2 aliphatic carbocycles. The maximum absolute atomic E-state index is 14.7. The number of allylic oxidation sites excluding steroid dienone is 1. The summed E-state index contributed by atoms with van der Waals surface area (Å²) in [5.41, 5.74) is 5.16. The fraction of sp³-hybridized carbons (Fsp3) is 0.346. The summed E-state index contributed by atoms with van der Waals surface area (Å²) in [6, 6.07) is 6.89. The second-order valence-corrected chi connectivity index (χ2v) is 9.20. The first-order valence-corrected chi connectivity index (χ1v) is 11.7. The number of nitrogens with one attached hydrogen (secondary N) is 1. The molecule has 0 bridgehead atoms. The van der Waals surface area contributed by atoms with E-state index >= 15 is 0 Å². The number of aliphatic imine (C=N–C) groups is 1. The molecule has 2 aliphatic rings. The number of nitrogens with zero attached hydrogens (tertiary/aromatic N) is 1. The average Bonchev–Trinajstić information content (AvgIpc) is 3.59. The average molecular weight is 519 g/mol. The first kappa shape index (κ1) is 26.2. The number of nitrogens with two attached hydrogens (primary N) is 1. The summed E-state index contributed by atoms with van der Waals surface area (Å²) in [5.74, 6) is -3.05. The van der Waals surface area contributed by atoms with Crippen molar-refractivity contribution in [2.24, 2.45) is 16.6 Å². The van der Waals surface area contributed by atoms with Crippen molar-refractivity contribution in [1.82, 2.24) is 0 Å². The monoisotopic (exact) mass is 519 g/mol. The molecule has 0 spiro atoms. The van der Waals surface area contributed by atoms with Crippen molar-refractivity contribution >= 4 is 29.4 Å². The van der Waals surface area contributed by atoms with Gasteiger partial charge in [-0.05, 0) is 55.4 Å². The van der Waals surface area contributed by atoms with Crippen LogP contribution in [0, 0.1) is 11.7 Å². The van der Waals surface area contributed by atoms with Crippen molar-refractivity contribution < 1.29 is 37.0 Å². The number of aromatic carboxylic acids is 1. The molecule has 2 fully saturated rings. The maximum Gasteiger partial charge on any atom is 0.573 e. The van der Waals surface area contributed by atoms with Crippen LogP contribution in [0.5, 0.6) is 5.75 Å². The predicted molar refractivity (Wildman–Crippen MR) is 129 cm³/mol. The van der Waals surface area contributed by atoms with Crippen LogP contribution in [-0.2, 0) is 10.2 Å². The molecule has 0 atom stereocenters. The standard InChI is InChI=1S/C26H25F4N3O4/c27-22-11-18(37-26(28,29)30)5-7-21(22)25(8-9-25)24(36)33-17-4-6-19(20(10-17)23(34)35)16(12-31)14-32-13-15-2-1-3-15/h4-7,10-12,14-15H,1-3,8-9,13,31H2,(H,33,36)(H,34,35). The molecule has 0 aliphatic heterocycles. The first-order valence-electron chi connectivity index (χ1n) is 11.7. The Balaban J connectivity index is 1.52. The minimum atomic E-state index is -4.97. The molecule has 2 saturated carbocycles. The van der Waals surface area contributed by atoms with Crippen LogP contribution < -0.4 is 15.8 Å². The highest BCUT2D eigenvalue weighted by Gasteiger charge is 2.53. The van der Waals surface area contributed by atoms with Crippen LogP contribution in [-0.4, -0.2) is 36.1 Å². The molecule has 196 valence electrons. The molecule has 0 radical (unpaired) electrons. The van der Waals surface area contributed by atoms with Gasteiger partial charge in [0.1, 0.15) is 11.6 Å². The highest BCUT2D eigenvalue weighted by Crippen LogP contribution is 2.50. The number of rotatable bonds is 9. The number of carbonyl (C=O) groups is 2. The predicted octanol–water partition coefficient (Wildman–Crippen LogP) is 5.26. The van der Waals surface area contributed by atoms with E-state index in [0.717, 1.165) is 25.0 Å². The van der Waals surface area contributed by atoms with Crippen LogP contribution >= 0.6 is 0 Å². The maximum atomic E-state index is 14.7. The zero-order valence-corrected chi connectivity index (χ0v) is 19.6. The minimum Gasteiger partial charge on any atom is -0.478 e. The summed E-state index contributed by atoms with van der Waals surface area (Å²) in [5, 5.41) is 12.4. The summed E-state index contributed by atoms with van der Waals surface area (Å²) in [6.45, 7) is 0.635. The van der Waals surface area contributed by atoms with Crippen LogP contribution in [0.4, 0.5) is 23.2 Å². The van der Waals surface area contributed by atoms with Crippen molar-refractivity contribution in [3.05, 3.63) is 65.1 Å². The van der Waals surface area contributed by atoms with Crippen molar-refractivity contribution in [3.8, 4) is 5.75 Å². The van der Waals surface area contributed by atoms with Crippen LogP contribution in [0.1, 0.15) is 53.6 Å². The molecule has 0 aromatic heterocycles. The van der Waals surface area contributed by atoms with E-state index in [-0.39, 0.29) is 29.7 Å². The number of hydrogen-bond acceptors (Lipinski definition) is 5. The Labute approximate surface area is 210 Å². The number of alkyl halides is 3. The summed E-state index contributed by atoms with van der Waals surface area (Å²) >= 11 is 0. The number of amides is 1. The van der Waals surface area contributed by atoms with Crippen LogP contribution in [0.25, 0.3) is 5.57 Å². The van der Waals surface area contributed by atoms with Gasteiger partial charge < -0.3 is 20.9 Å². The summed E-state index contributed by atoms with van der Waals surface area (Å²) in [6.07, 6.45) is 1.79. The van der Waals surface area contributed by atoms with E-state index in [1.165, 1.54) is 37.0 Å². The molecular formula is C26H25F4N3O4. The molecule has 2 aromatic carbocycles. The van der Waals surface area contributed by atoms with Gasteiger partial charge in [0, 0.05) is 41.8 Å². The molecular weight excluding hydrogens is 494 g/mol. The molecule has 1 amide bonds. The number of anilines is 1. The molecule has 37 heavy (non-hydrogen) atoms. The van der Waals surface area contributed by atoms with Gasteiger partial charge >= 0.3 is 12.3 Å². The molecule has 0 saturated heterocycles. The second-order valence-electron chi connectivity index (χ2n) is 9.20. The van der Waals surface area contributed by atoms with Crippen molar-refractivity contribution in [3.63, 3.8) is 0 Å². The van der Waals surface area contributed by atoms with Gasteiger partial charge in [0.15, 0.2) is 0 Å². The lowest BCUT2D eigenvalue weighted by molar-refractivity contribution is -0.274. The summed E-state index contributed by atoms with van der Waals surface area (Å²) < 4.78 is 55.6. The van der Waals surface area contributed by atoms with Crippen molar-refractivity contribution in [1.29, 1.82) is 0 Å². The number of carboxylic acid groups (broad SMARTS) is 1. The highest BCUT2D eigenvalue weighted by molar-refractivity contribution is 6.13.